The van der Waals surface area contributed by atoms with Crippen LogP contribution in [-0.2, 0) is 9.53 Å². The molecule has 1 aliphatic heterocycles. The van der Waals surface area contributed by atoms with Gasteiger partial charge in [-0.3, -0.25) is 9.69 Å². The predicted octanol–water partition coefficient (Wildman–Crippen LogP) is 2.32. The maximum absolute atomic E-state index is 10.9. The number of morpholine rings is 1. The Morgan fingerprint density at radius 3 is 2.86 bits per heavy atom. The summed E-state index contributed by atoms with van der Waals surface area (Å²) in [5.41, 5.74) is 2.60. The maximum atomic E-state index is 10.9. The molecule has 4 nitrogen and oxygen atoms in total. The summed E-state index contributed by atoms with van der Waals surface area (Å²) in [4.78, 5) is 13.3. The van der Waals surface area contributed by atoms with Gasteiger partial charge in [0.25, 0.3) is 0 Å². The van der Waals surface area contributed by atoms with Crippen molar-refractivity contribution in [3.8, 4) is 0 Å². The molecule has 0 aromatic heterocycles. The lowest BCUT2D eigenvalue weighted by Crippen LogP contribution is -2.44. The van der Waals surface area contributed by atoms with E-state index in [1.54, 1.807) is 6.92 Å². The highest BCUT2D eigenvalue weighted by molar-refractivity contribution is 5.72. The molecule has 1 aromatic rings. The van der Waals surface area contributed by atoms with E-state index in [0.29, 0.717) is 6.54 Å². The van der Waals surface area contributed by atoms with Crippen LogP contribution in [-0.4, -0.2) is 49.7 Å². The van der Waals surface area contributed by atoms with Crippen molar-refractivity contribution in [2.24, 2.45) is 0 Å². The van der Waals surface area contributed by atoms with Crippen LogP contribution >= 0.6 is 0 Å². The van der Waals surface area contributed by atoms with Crippen LogP contribution in [0.1, 0.15) is 25.8 Å². The number of carbonyl (C=O) groups is 1. The molecule has 0 radical (unpaired) electrons. The molecule has 2 rings (SSSR count). The zero-order valence-electron chi connectivity index (χ0n) is 13.5. The van der Waals surface area contributed by atoms with Crippen LogP contribution < -0.4 is 5.32 Å². The number of nitrogens with one attached hydrogen (secondary N) is 1. The number of amides is 1. The van der Waals surface area contributed by atoms with E-state index in [0.717, 1.165) is 32.7 Å². The lowest BCUT2D eigenvalue weighted by molar-refractivity contribution is -0.119. The molecular weight excluding hydrogens is 276 g/mol. The van der Waals surface area contributed by atoms with Crippen LogP contribution in [0.2, 0.25) is 0 Å². The summed E-state index contributed by atoms with van der Waals surface area (Å²) in [5.74, 6) is 0.0225. The summed E-state index contributed by atoms with van der Waals surface area (Å²) in [5, 5.41) is 2.83. The molecule has 0 bridgehead atoms. The van der Waals surface area contributed by atoms with Crippen LogP contribution in [0.15, 0.2) is 35.9 Å². The van der Waals surface area contributed by atoms with Gasteiger partial charge >= 0.3 is 0 Å². The summed E-state index contributed by atoms with van der Waals surface area (Å²) in [6.45, 7) is 8.04. The highest BCUT2D eigenvalue weighted by Crippen LogP contribution is 2.12. The van der Waals surface area contributed by atoms with Crippen LogP contribution in [0.25, 0.3) is 6.08 Å². The second-order valence-electron chi connectivity index (χ2n) is 5.90. The average Bonchev–Trinajstić information content (AvgIpc) is 2.48. The van der Waals surface area contributed by atoms with E-state index in [-0.39, 0.29) is 12.0 Å². The number of rotatable bonds is 6. The minimum atomic E-state index is 0.0225. The van der Waals surface area contributed by atoms with Gasteiger partial charge in [0.15, 0.2) is 0 Å². The molecule has 22 heavy (non-hydrogen) atoms. The molecule has 1 amide bonds. The zero-order valence-corrected chi connectivity index (χ0v) is 13.5. The second kappa shape index (κ2) is 8.71. The SMILES string of the molecule is CC(=O)NCCC1CN(C/C(C)=C/c2ccccc2)CCO1. The lowest BCUT2D eigenvalue weighted by Gasteiger charge is -2.33. The summed E-state index contributed by atoms with van der Waals surface area (Å²) >= 11 is 0. The molecule has 0 saturated carbocycles. The summed E-state index contributed by atoms with van der Waals surface area (Å²) < 4.78 is 5.78. The number of nitrogens with zero attached hydrogens (tertiary/aromatic N) is 1. The van der Waals surface area contributed by atoms with Crippen molar-refractivity contribution in [2.45, 2.75) is 26.4 Å². The third kappa shape index (κ3) is 6.00. The molecule has 1 atom stereocenters. The van der Waals surface area contributed by atoms with Crippen molar-refractivity contribution in [2.75, 3.05) is 32.8 Å². The first kappa shape index (κ1) is 16.7. The van der Waals surface area contributed by atoms with Gasteiger partial charge in [0.1, 0.15) is 0 Å². The molecule has 0 aliphatic carbocycles. The highest BCUT2D eigenvalue weighted by Gasteiger charge is 2.20. The topological polar surface area (TPSA) is 41.6 Å². The normalized spacial score (nSPS) is 19.9. The fourth-order valence-corrected chi connectivity index (χ4v) is 2.74. The monoisotopic (exact) mass is 302 g/mol. The first-order valence-corrected chi connectivity index (χ1v) is 7.94. The Bertz CT molecular complexity index is 499. The molecule has 1 N–H and O–H groups in total. The highest BCUT2D eigenvalue weighted by atomic mass is 16.5. The Balaban J connectivity index is 1.79. The third-order valence-electron chi connectivity index (χ3n) is 3.75. The first-order chi connectivity index (χ1) is 10.6. The van der Waals surface area contributed by atoms with E-state index in [4.69, 9.17) is 4.74 Å². The van der Waals surface area contributed by atoms with Crippen LogP contribution in [0.4, 0.5) is 0 Å². The van der Waals surface area contributed by atoms with Gasteiger partial charge in [-0.2, -0.15) is 0 Å². The first-order valence-electron chi connectivity index (χ1n) is 7.94. The Morgan fingerprint density at radius 2 is 2.14 bits per heavy atom. The smallest absolute Gasteiger partial charge is 0.216 e. The van der Waals surface area contributed by atoms with Crippen molar-refractivity contribution in [1.82, 2.24) is 10.2 Å². The van der Waals surface area contributed by atoms with Gasteiger partial charge in [-0.25, -0.2) is 0 Å². The maximum Gasteiger partial charge on any atom is 0.216 e. The number of hydrogen-bond donors (Lipinski definition) is 1. The molecule has 1 fully saturated rings. The van der Waals surface area contributed by atoms with Gasteiger partial charge in [-0.1, -0.05) is 42.0 Å². The number of carbonyl (C=O) groups excluding carboxylic acids is 1. The molecule has 1 aromatic carbocycles. The van der Waals surface area contributed by atoms with Crippen LogP contribution in [0, 0.1) is 0 Å². The molecule has 0 spiro atoms. The van der Waals surface area contributed by atoms with Crippen LogP contribution in [0.5, 0.6) is 0 Å². The number of hydrogen-bond acceptors (Lipinski definition) is 3. The third-order valence-corrected chi connectivity index (χ3v) is 3.75. The summed E-state index contributed by atoms with van der Waals surface area (Å²) in [7, 11) is 0. The minimum absolute atomic E-state index is 0.0225. The Kier molecular flexibility index (Phi) is 6.62. The molecular formula is C18H26N2O2. The fourth-order valence-electron chi connectivity index (χ4n) is 2.74. The summed E-state index contributed by atoms with van der Waals surface area (Å²) in [6.07, 6.45) is 3.32. The molecule has 1 unspecified atom stereocenters. The van der Waals surface area contributed by atoms with E-state index in [9.17, 15) is 4.79 Å². The Hall–Kier alpha value is -1.65. The minimum Gasteiger partial charge on any atom is -0.375 e. The summed E-state index contributed by atoms with van der Waals surface area (Å²) in [6, 6.07) is 10.4. The van der Waals surface area contributed by atoms with E-state index >= 15 is 0 Å². The fraction of sp³-hybridized carbons (Fsp3) is 0.500. The van der Waals surface area contributed by atoms with Gasteiger partial charge in [0, 0.05) is 33.1 Å². The van der Waals surface area contributed by atoms with Crippen molar-refractivity contribution in [3.63, 3.8) is 0 Å². The predicted molar refractivity (Wildman–Crippen MR) is 89.6 cm³/mol. The van der Waals surface area contributed by atoms with Crippen LogP contribution in [0.3, 0.4) is 0 Å². The van der Waals surface area contributed by atoms with Gasteiger partial charge in [0.05, 0.1) is 12.7 Å². The second-order valence-corrected chi connectivity index (χ2v) is 5.90. The van der Waals surface area contributed by atoms with Crippen molar-refractivity contribution in [3.05, 3.63) is 41.5 Å². The molecule has 1 aliphatic rings. The van der Waals surface area contributed by atoms with Gasteiger partial charge in [-0.05, 0) is 18.9 Å². The van der Waals surface area contributed by atoms with E-state index in [1.165, 1.54) is 11.1 Å². The Labute approximate surface area is 133 Å². The quantitative estimate of drug-likeness (QED) is 0.877. The van der Waals surface area contributed by atoms with Gasteiger partial charge < -0.3 is 10.1 Å². The van der Waals surface area contributed by atoms with E-state index in [1.807, 2.05) is 6.07 Å². The van der Waals surface area contributed by atoms with E-state index in [2.05, 4.69) is 47.5 Å². The molecule has 1 saturated heterocycles. The van der Waals surface area contributed by atoms with Crippen molar-refractivity contribution >= 4 is 12.0 Å². The lowest BCUT2D eigenvalue weighted by atomic mass is 10.1. The Morgan fingerprint density at radius 1 is 1.36 bits per heavy atom. The standard InChI is InChI=1S/C18H26N2O2/c1-15(12-17-6-4-3-5-7-17)13-20-10-11-22-18(14-20)8-9-19-16(2)21/h3-7,12,18H,8-11,13-14H2,1-2H3,(H,19,21)/b15-12+. The zero-order chi connectivity index (χ0) is 15.8. The van der Waals surface area contributed by atoms with Gasteiger partial charge in [0.2, 0.25) is 5.91 Å². The number of benzene rings is 1. The average molecular weight is 302 g/mol. The number of ether oxygens (including phenoxy) is 1. The molecule has 4 heteroatoms. The molecule has 1 heterocycles. The largest absolute Gasteiger partial charge is 0.375 e. The van der Waals surface area contributed by atoms with E-state index < -0.39 is 0 Å². The van der Waals surface area contributed by atoms with Gasteiger partial charge in [-0.15, -0.1) is 0 Å². The van der Waals surface area contributed by atoms with Crippen molar-refractivity contribution in [1.29, 1.82) is 0 Å². The van der Waals surface area contributed by atoms with Crippen molar-refractivity contribution < 1.29 is 9.53 Å². The molecule has 120 valence electrons.